The Labute approximate surface area is 98.7 Å². The molecule has 0 amide bonds. The van der Waals surface area contributed by atoms with Crippen LogP contribution in [0.5, 0.6) is 0 Å². The molecule has 0 saturated carbocycles. The van der Waals surface area contributed by atoms with Crippen molar-refractivity contribution in [3.8, 4) is 0 Å². The van der Waals surface area contributed by atoms with E-state index in [0.717, 1.165) is 16.4 Å². The van der Waals surface area contributed by atoms with Gasteiger partial charge >= 0.3 is 0 Å². The molecule has 0 bridgehead atoms. The highest BCUT2D eigenvalue weighted by molar-refractivity contribution is 6.35. The minimum Gasteiger partial charge on any atom is -0.246 e. The highest BCUT2D eigenvalue weighted by Gasteiger charge is 2.06. The normalized spacial score (nSPS) is 11.1. The molecule has 0 atom stereocenters. The maximum atomic E-state index is 6.17. The van der Waals surface area contributed by atoms with Gasteiger partial charge in [-0.15, -0.1) is 0 Å². The van der Waals surface area contributed by atoms with E-state index < -0.39 is 0 Å². The number of rotatable bonds is 0. The first-order valence-electron chi connectivity index (χ1n) is 5.21. The number of aryl methyl sites for hydroxylation is 1. The number of benzene rings is 2. The largest absolute Gasteiger partial charge is 0.246 e. The molecule has 1 heterocycles. The van der Waals surface area contributed by atoms with E-state index in [2.05, 4.69) is 24.0 Å². The summed E-state index contributed by atoms with van der Waals surface area (Å²) in [7, 11) is 0. The fourth-order valence-electron chi connectivity index (χ4n) is 2.09. The lowest BCUT2D eigenvalue weighted by molar-refractivity contribution is 1.45. The van der Waals surface area contributed by atoms with Crippen LogP contribution in [0.1, 0.15) is 5.56 Å². The molecule has 1 nitrogen and oxygen atoms in total. The molecular weight excluding hydrogens is 218 g/mol. The molecule has 0 spiro atoms. The van der Waals surface area contributed by atoms with E-state index in [0.29, 0.717) is 5.02 Å². The lowest BCUT2D eigenvalue weighted by Crippen LogP contribution is -1.87. The van der Waals surface area contributed by atoms with Crippen molar-refractivity contribution in [2.75, 3.05) is 0 Å². The number of halogens is 1. The van der Waals surface area contributed by atoms with Gasteiger partial charge in [-0.25, -0.2) is 4.98 Å². The molecular formula is C14H10ClN. The molecule has 0 N–H and O–H groups in total. The van der Waals surface area contributed by atoms with E-state index in [9.17, 15) is 0 Å². The Balaban J connectivity index is 2.61. The lowest BCUT2D eigenvalue weighted by atomic mass is 10.0. The van der Waals surface area contributed by atoms with E-state index in [1.807, 2.05) is 30.3 Å². The van der Waals surface area contributed by atoms with Crippen LogP contribution in [-0.2, 0) is 0 Å². The first kappa shape index (κ1) is 9.61. The highest BCUT2D eigenvalue weighted by Crippen LogP contribution is 2.28. The second-order valence-electron chi connectivity index (χ2n) is 3.89. The van der Waals surface area contributed by atoms with Crippen molar-refractivity contribution in [1.29, 1.82) is 0 Å². The topological polar surface area (TPSA) is 12.9 Å². The monoisotopic (exact) mass is 227 g/mol. The molecule has 0 saturated heterocycles. The number of nitrogens with zero attached hydrogens (tertiary/aromatic N) is 1. The standard InChI is InChI=1S/C14H10ClN/c1-9-10-5-2-3-8-13(10)16-14-11(9)6-4-7-12(14)15/h2-8H,1H3. The van der Waals surface area contributed by atoms with E-state index in [1.54, 1.807) is 0 Å². The summed E-state index contributed by atoms with van der Waals surface area (Å²) in [4.78, 5) is 4.61. The maximum absolute atomic E-state index is 6.17. The Kier molecular flexibility index (Phi) is 2.08. The fourth-order valence-corrected chi connectivity index (χ4v) is 2.30. The third-order valence-electron chi connectivity index (χ3n) is 2.93. The first-order valence-corrected chi connectivity index (χ1v) is 5.59. The van der Waals surface area contributed by atoms with Gasteiger partial charge in [0.2, 0.25) is 0 Å². The van der Waals surface area contributed by atoms with E-state index in [1.165, 1.54) is 10.9 Å². The van der Waals surface area contributed by atoms with Crippen LogP contribution in [0.15, 0.2) is 42.5 Å². The van der Waals surface area contributed by atoms with Crippen molar-refractivity contribution in [2.24, 2.45) is 0 Å². The van der Waals surface area contributed by atoms with Gasteiger partial charge in [0.25, 0.3) is 0 Å². The fraction of sp³-hybridized carbons (Fsp3) is 0.0714. The second kappa shape index (κ2) is 3.46. The smallest absolute Gasteiger partial charge is 0.0898 e. The predicted octanol–water partition coefficient (Wildman–Crippen LogP) is 4.35. The van der Waals surface area contributed by atoms with E-state index in [4.69, 9.17) is 11.6 Å². The van der Waals surface area contributed by atoms with Gasteiger partial charge in [0.15, 0.2) is 0 Å². The van der Waals surface area contributed by atoms with Crippen LogP contribution < -0.4 is 0 Å². The van der Waals surface area contributed by atoms with Gasteiger partial charge in [-0.05, 0) is 24.6 Å². The van der Waals surface area contributed by atoms with Crippen molar-refractivity contribution in [2.45, 2.75) is 6.92 Å². The number of pyridine rings is 1. The third kappa shape index (κ3) is 1.29. The zero-order valence-corrected chi connectivity index (χ0v) is 9.62. The number of fused-ring (bicyclic) bond motifs is 2. The quantitative estimate of drug-likeness (QED) is 0.521. The third-order valence-corrected chi connectivity index (χ3v) is 3.24. The molecule has 16 heavy (non-hydrogen) atoms. The molecule has 0 aliphatic heterocycles. The van der Waals surface area contributed by atoms with Gasteiger partial charge < -0.3 is 0 Å². The summed E-state index contributed by atoms with van der Waals surface area (Å²) in [5, 5.41) is 3.04. The number of hydrogen-bond donors (Lipinski definition) is 0. The van der Waals surface area contributed by atoms with Gasteiger partial charge in [-0.1, -0.05) is 41.9 Å². The van der Waals surface area contributed by atoms with E-state index in [-0.39, 0.29) is 0 Å². The minimum atomic E-state index is 0.714. The Morgan fingerprint density at radius 3 is 2.56 bits per heavy atom. The SMILES string of the molecule is Cc1c2ccccc2nc2c(Cl)cccc12. The Morgan fingerprint density at radius 2 is 1.69 bits per heavy atom. The Bertz CT molecular complexity index is 689. The number of para-hydroxylation sites is 2. The first-order chi connectivity index (χ1) is 7.77. The summed E-state index contributed by atoms with van der Waals surface area (Å²) in [6.07, 6.45) is 0. The van der Waals surface area contributed by atoms with Crippen LogP contribution >= 0.6 is 11.6 Å². The van der Waals surface area contributed by atoms with E-state index >= 15 is 0 Å². The molecule has 78 valence electrons. The maximum Gasteiger partial charge on any atom is 0.0898 e. The van der Waals surface area contributed by atoms with Crippen molar-refractivity contribution in [3.63, 3.8) is 0 Å². The summed E-state index contributed by atoms with van der Waals surface area (Å²) in [6.45, 7) is 2.11. The number of aromatic nitrogens is 1. The molecule has 2 aromatic carbocycles. The molecule has 3 aromatic rings. The minimum absolute atomic E-state index is 0.714. The summed E-state index contributed by atoms with van der Waals surface area (Å²) in [5.41, 5.74) is 3.13. The number of hydrogen-bond acceptors (Lipinski definition) is 1. The zero-order chi connectivity index (χ0) is 11.1. The van der Waals surface area contributed by atoms with Crippen LogP contribution in [0.25, 0.3) is 21.8 Å². The molecule has 1 aromatic heterocycles. The van der Waals surface area contributed by atoms with Crippen LogP contribution in [-0.4, -0.2) is 4.98 Å². The molecule has 0 radical (unpaired) electrons. The second-order valence-corrected chi connectivity index (χ2v) is 4.30. The van der Waals surface area contributed by atoms with Crippen LogP contribution in [0, 0.1) is 6.92 Å². The average molecular weight is 228 g/mol. The van der Waals surface area contributed by atoms with Crippen LogP contribution in [0.4, 0.5) is 0 Å². The molecule has 0 aliphatic carbocycles. The van der Waals surface area contributed by atoms with Crippen molar-refractivity contribution < 1.29 is 0 Å². The van der Waals surface area contributed by atoms with Gasteiger partial charge in [0, 0.05) is 10.8 Å². The highest BCUT2D eigenvalue weighted by atomic mass is 35.5. The zero-order valence-electron chi connectivity index (χ0n) is 8.87. The van der Waals surface area contributed by atoms with Crippen molar-refractivity contribution in [1.82, 2.24) is 4.98 Å². The van der Waals surface area contributed by atoms with Gasteiger partial charge in [0.1, 0.15) is 0 Å². The molecule has 0 unspecified atom stereocenters. The Hall–Kier alpha value is -1.60. The molecule has 3 rings (SSSR count). The summed E-state index contributed by atoms with van der Waals surface area (Å²) in [6, 6.07) is 14.1. The Morgan fingerprint density at radius 1 is 0.938 bits per heavy atom. The molecule has 0 aliphatic rings. The molecule has 2 heteroatoms. The average Bonchev–Trinajstić information content (AvgIpc) is 2.31. The van der Waals surface area contributed by atoms with Crippen LogP contribution in [0.3, 0.4) is 0 Å². The van der Waals surface area contributed by atoms with Crippen molar-refractivity contribution >= 4 is 33.4 Å². The molecule has 0 fully saturated rings. The van der Waals surface area contributed by atoms with Gasteiger partial charge in [-0.2, -0.15) is 0 Å². The van der Waals surface area contributed by atoms with Gasteiger partial charge in [0.05, 0.1) is 16.1 Å². The predicted molar refractivity (Wildman–Crippen MR) is 69.0 cm³/mol. The van der Waals surface area contributed by atoms with Crippen molar-refractivity contribution in [3.05, 3.63) is 53.1 Å². The summed E-state index contributed by atoms with van der Waals surface area (Å²) >= 11 is 6.17. The van der Waals surface area contributed by atoms with Crippen LogP contribution in [0.2, 0.25) is 5.02 Å². The summed E-state index contributed by atoms with van der Waals surface area (Å²) in [5.74, 6) is 0. The summed E-state index contributed by atoms with van der Waals surface area (Å²) < 4.78 is 0. The van der Waals surface area contributed by atoms with Gasteiger partial charge in [-0.3, -0.25) is 0 Å². The lowest BCUT2D eigenvalue weighted by Gasteiger charge is -2.07.